The van der Waals surface area contributed by atoms with Gasteiger partial charge >= 0.3 is 0 Å². The number of phenols is 1. The number of phenolic OH excluding ortho intramolecular Hbond substituents is 1. The molecule has 1 amide bonds. The molecule has 0 radical (unpaired) electrons. The van der Waals surface area contributed by atoms with Crippen molar-refractivity contribution in [2.45, 2.75) is 29.9 Å². The Kier molecular flexibility index (Phi) is 7.22. The zero-order valence-electron chi connectivity index (χ0n) is 20.7. The first-order valence-corrected chi connectivity index (χ1v) is 13.8. The Bertz CT molecular complexity index is 1610. The van der Waals surface area contributed by atoms with Crippen LogP contribution in [-0.4, -0.2) is 29.1 Å². The van der Waals surface area contributed by atoms with Crippen LogP contribution in [0.2, 0.25) is 0 Å². The molecule has 200 valence electrons. The number of hydrogen-bond acceptors (Lipinski definition) is 5. The molecule has 0 saturated carbocycles. The maximum atomic E-state index is 13.3. The molecule has 3 atom stereocenters. The number of carbonyl (C=O) groups is 1. The van der Waals surface area contributed by atoms with Crippen molar-refractivity contribution >= 4 is 21.7 Å². The minimum atomic E-state index is -4.50. The van der Waals surface area contributed by atoms with Gasteiger partial charge < -0.3 is 15.1 Å². The van der Waals surface area contributed by atoms with Gasteiger partial charge in [-0.3, -0.25) is 9.35 Å². The summed E-state index contributed by atoms with van der Waals surface area (Å²) in [5.41, 5.74) is 2.27. The topological polar surface area (TPSA) is 115 Å². The largest absolute Gasteiger partial charge is 0.508 e. The summed E-state index contributed by atoms with van der Waals surface area (Å²) in [6, 6.07) is 24.7. The van der Waals surface area contributed by atoms with E-state index in [1.807, 2.05) is 6.07 Å². The van der Waals surface area contributed by atoms with E-state index in [1.165, 1.54) is 48.5 Å². The van der Waals surface area contributed by atoms with Crippen molar-refractivity contribution in [2.24, 2.45) is 5.92 Å². The number of nitrogens with zero attached hydrogens (tertiary/aromatic N) is 1. The van der Waals surface area contributed by atoms with Crippen molar-refractivity contribution in [3.63, 3.8) is 0 Å². The predicted molar refractivity (Wildman–Crippen MR) is 144 cm³/mol. The number of rotatable bonds is 8. The van der Waals surface area contributed by atoms with Crippen molar-refractivity contribution in [1.29, 1.82) is 0 Å². The molecule has 5 rings (SSSR count). The zero-order chi connectivity index (χ0) is 27.7. The van der Waals surface area contributed by atoms with Gasteiger partial charge in [0, 0.05) is 16.8 Å². The predicted octanol–water partition coefficient (Wildman–Crippen LogP) is 5.66. The third kappa shape index (κ3) is 5.29. The summed E-state index contributed by atoms with van der Waals surface area (Å²) in [7, 11) is -4.50. The van der Waals surface area contributed by atoms with Crippen LogP contribution in [0.5, 0.6) is 5.75 Å². The van der Waals surface area contributed by atoms with Gasteiger partial charge in [0.1, 0.15) is 16.5 Å². The summed E-state index contributed by atoms with van der Waals surface area (Å²) in [6.07, 6.45) is -0.322. The average molecular weight is 548 g/mol. The monoisotopic (exact) mass is 547 g/mol. The number of benzene rings is 4. The van der Waals surface area contributed by atoms with Gasteiger partial charge in [0.2, 0.25) is 5.91 Å². The van der Waals surface area contributed by atoms with Gasteiger partial charge in [0.15, 0.2) is 0 Å². The molecule has 0 aliphatic carbocycles. The fraction of sp³-hybridized carbons (Fsp3) is 0.167. The molecule has 1 fully saturated rings. The molecule has 1 aliphatic heterocycles. The number of halogens is 1. The van der Waals surface area contributed by atoms with E-state index in [4.69, 9.17) is 0 Å². The molecule has 1 saturated heterocycles. The molecule has 3 unspecified atom stereocenters. The van der Waals surface area contributed by atoms with Gasteiger partial charge in [-0.25, -0.2) is 4.39 Å². The fourth-order valence-corrected chi connectivity index (χ4v) is 5.86. The molecule has 1 aliphatic rings. The molecule has 0 bridgehead atoms. The van der Waals surface area contributed by atoms with Crippen LogP contribution < -0.4 is 4.90 Å². The number of β-lactam (4-membered cyclic amide) rings is 1. The Morgan fingerprint density at radius 2 is 1.56 bits per heavy atom. The number of aromatic hydroxyl groups is 1. The van der Waals surface area contributed by atoms with Gasteiger partial charge in [0.25, 0.3) is 10.1 Å². The van der Waals surface area contributed by atoms with E-state index in [0.29, 0.717) is 28.8 Å². The maximum Gasteiger partial charge on any atom is 0.295 e. The van der Waals surface area contributed by atoms with Crippen LogP contribution in [0.4, 0.5) is 10.1 Å². The van der Waals surface area contributed by atoms with Crippen LogP contribution in [0.1, 0.15) is 36.1 Å². The SMILES string of the molecule is O=C1C(CCC(O)c2ccc(F)cc2)C(c2ccc(-c3ccccc3S(=O)(=O)O)cc2O)N1c1ccccc1. The summed E-state index contributed by atoms with van der Waals surface area (Å²) in [4.78, 5) is 14.6. The molecular weight excluding hydrogens is 521 g/mol. The Morgan fingerprint density at radius 3 is 2.23 bits per heavy atom. The van der Waals surface area contributed by atoms with Crippen LogP contribution in [0.15, 0.2) is 102 Å². The fourth-order valence-electron chi connectivity index (χ4n) is 5.14. The molecule has 7 nitrogen and oxygen atoms in total. The average Bonchev–Trinajstić information content (AvgIpc) is 2.92. The molecule has 3 N–H and O–H groups in total. The molecule has 0 aromatic heterocycles. The Labute approximate surface area is 225 Å². The number of aliphatic hydroxyl groups is 1. The Hall–Kier alpha value is -4.05. The number of amides is 1. The van der Waals surface area contributed by atoms with Crippen LogP contribution in [0, 0.1) is 11.7 Å². The van der Waals surface area contributed by atoms with E-state index in [1.54, 1.807) is 47.4 Å². The van der Waals surface area contributed by atoms with Crippen molar-refractivity contribution in [3.8, 4) is 16.9 Å². The second-order valence-corrected chi connectivity index (χ2v) is 10.9. The van der Waals surface area contributed by atoms with Crippen molar-refractivity contribution in [1.82, 2.24) is 0 Å². The molecule has 39 heavy (non-hydrogen) atoms. The summed E-state index contributed by atoms with van der Waals surface area (Å²) in [5.74, 6) is -1.24. The first-order valence-electron chi connectivity index (χ1n) is 12.4. The normalized spacial score (nSPS) is 18.0. The lowest BCUT2D eigenvalue weighted by Gasteiger charge is -2.48. The third-order valence-electron chi connectivity index (χ3n) is 7.08. The van der Waals surface area contributed by atoms with Crippen molar-refractivity contribution < 1.29 is 32.4 Å². The zero-order valence-corrected chi connectivity index (χ0v) is 21.5. The second kappa shape index (κ2) is 10.6. The number of para-hydroxylation sites is 1. The molecule has 0 spiro atoms. The quantitative estimate of drug-likeness (QED) is 0.194. The highest BCUT2D eigenvalue weighted by atomic mass is 32.2. The summed E-state index contributed by atoms with van der Waals surface area (Å²) >= 11 is 0. The molecule has 4 aromatic carbocycles. The maximum absolute atomic E-state index is 13.3. The lowest BCUT2D eigenvalue weighted by molar-refractivity contribution is -0.131. The van der Waals surface area contributed by atoms with Gasteiger partial charge in [-0.15, -0.1) is 0 Å². The van der Waals surface area contributed by atoms with Crippen molar-refractivity contribution in [2.75, 3.05) is 4.90 Å². The first kappa shape index (κ1) is 26.6. The number of anilines is 1. The van der Waals surface area contributed by atoms with E-state index in [0.717, 1.165) is 0 Å². The lowest BCUT2D eigenvalue weighted by atomic mass is 9.77. The highest BCUT2D eigenvalue weighted by molar-refractivity contribution is 7.86. The van der Waals surface area contributed by atoms with E-state index < -0.39 is 34.0 Å². The number of aliphatic hydroxyl groups excluding tert-OH is 1. The Balaban J connectivity index is 1.47. The highest BCUT2D eigenvalue weighted by Gasteiger charge is 2.49. The number of carbonyl (C=O) groups excluding carboxylic acids is 1. The van der Waals surface area contributed by atoms with Crippen LogP contribution >= 0.6 is 0 Å². The van der Waals surface area contributed by atoms with Gasteiger partial charge in [0.05, 0.1) is 18.1 Å². The summed E-state index contributed by atoms with van der Waals surface area (Å²) in [5, 5.41) is 21.7. The first-order chi connectivity index (χ1) is 18.6. The Morgan fingerprint density at radius 1 is 0.897 bits per heavy atom. The summed E-state index contributed by atoms with van der Waals surface area (Å²) < 4.78 is 46.7. The minimum absolute atomic E-state index is 0.139. The highest BCUT2D eigenvalue weighted by Crippen LogP contribution is 2.49. The molecule has 9 heteroatoms. The van der Waals surface area contributed by atoms with E-state index in [2.05, 4.69) is 0 Å². The third-order valence-corrected chi connectivity index (χ3v) is 7.99. The van der Waals surface area contributed by atoms with Crippen LogP contribution in [0.3, 0.4) is 0 Å². The van der Waals surface area contributed by atoms with E-state index >= 15 is 0 Å². The van der Waals surface area contributed by atoms with Crippen LogP contribution in [-0.2, 0) is 14.9 Å². The van der Waals surface area contributed by atoms with Gasteiger partial charge in [-0.2, -0.15) is 8.42 Å². The van der Waals surface area contributed by atoms with Crippen LogP contribution in [0.25, 0.3) is 11.1 Å². The van der Waals surface area contributed by atoms with Crippen molar-refractivity contribution in [3.05, 3.63) is 114 Å². The minimum Gasteiger partial charge on any atom is -0.508 e. The standard InChI is InChI=1S/C30H26FNO6S/c31-21-13-10-19(11-14-21)26(33)17-16-25-29(32(30(25)35)22-6-2-1-3-7-22)24-15-12-20(18-27(24)34)23-8-4-5-9-28(23)39(36,37)38/h1-15,18,25-26,29,33-34H,16-17H2,(H,36,37,38). The molecule has 1 heterocycles. The smallest absolute Gasteiger partial charge is 0.295 e. The van der Waals surface area contributed by atoms with E-state index in [9.17, 15) is 32.4 Å². The lowest BCUT2D eigenvalue weighted by Crippen LogP contribution is -2.55. The second-order valence-electron chi connectivity index (χ2n) is 9.48. The van der Waals surface area contributed by atoms with Gasteiger partial charge in [-0.05, 0) is 60.4 Å². The molecular formula is C30H26FNO6S. The number of hydrogen-bond donors (Lipinski definition) is 3. The van der Waals surface area contributed by atoms with Gasteiger partial charge in [-0.1, -0.05) is 60.7 Å². The van der Waals surface area contributed by atoms with E-state index in [-0.39, 0.29) is 28.5 Å². The molecule has 4 aromatic rings. The summed E-state index contributed by atoms with van der Waals surface area (Å²) in [6.45, 7) is 0.